The van der Waals surface area contributed by atoms with Crippen molar-refractivity contribution in [3.05, 3.63) is 48.0 Å². The van der Waals surface area contributed by atoms with Gasteiger partial charge in [-0.15, -0.1) is 0 Å². The molecule has 0 saturated heterocycles. The maximum atomic E-state index is 12.4. The van der Waals surface area contributed by atoms with Gasteiger partial charge in [-0.2, -0.15) is 0 Å². The second kappa shape index (κ2) is 9.45. The number of rotatable bonds is 10. The molecule has 0 heterocycles. The molecule has 6 nitrogen and oxygen atoms in total. The van der Waals surface area contributed by atoms with Gasteiger partial charge in [-0.25, -0.2) is 13.1 Å². The van der Waals surface area contributed by atoms with Crippen molar-refractivity contribution in [2.24, 2.45) is 0 Å². The summed E-state index contributed by atoms with van der Waals surface area (Å²) in [6.07, 6.45) is 0. The Bertz CT molecular complexity index is 803. The van der Waals surface area contributed by atoms with Crippen LogP contribution in [0.15, 0.2) is 47.4 Å². The Morgan fingerprint density at radius 3 is 2.04 bits per heavy atom. The molecule has 7 heteroatoms. The fourth-order valence-corrected chi connectivity index (χ4v) is 3.37. The van der Waals surface area contributed by atoms with Crippen molar-refractivity contribution < 1.29 is 22.6 Å². The molecule has 0 atom stereocenters. The van der Waals surface area contributed by atoms with E-state index in [1.807, 2.05) is 26.8 Å². The molecule has 2 aromatic rings. The summed E-state index contributed by atoms with van der Waals surface area (Å²) < 4.78 is 43.9. The van der Waals surface area contributed by atoms with Gasteiger partial charge in [0.2, 0.25) is 10.0 Å². The Hall–Kier alpha value is -2.25. The maximum Gasteiger partial charge on any atom is 0.240 e. The van der Waals surface area contributed by atoms with Gasteiger partial charge in [-0.05, 0) is 62.7 Å². The number of ether oxygens (including phenoxy) is 3. The topological polar surface area (TPSA) is 73.9 Å². The molecule has 0 aliphatic heterocycles. The first-order valence-corrected chi connectivity index (χ1v) is 10.1. The van der Waals surface area contributed by atoms with E-state index in [1.54, 1.807) is 24.3 Å². The average molecular weight is 379 g/mol. The van der Waals surface area contributed by atoms with Gasteiger partial charge in [-0.3, -0.25) is 0 Å². The second-order valence-electron chi connectivity index (χ2n) is 5.38. The van der Waals surface area contributed by atoms with Crippen LogP contribution in [-0.2, 0) is 16.6 Å². The molecule has 1 N–H and O–H groups in total. The minimum Gasteiger partial charge on any atom is -0.494 e. The van der Waals surface area contributed by atoms with E-state index in [0.717, 1.165) is 5.56 Å². The third kappa shape index (κ3) is 5.37. The number of sulfonamides is 1. The highest BCUT2D eigenvalue weighted by molar-refractivity contribution is 7.89. The lowest BCUT2D eigenvalue weighted by Crippen LogP contribution is -2.23. The zero-order chi connectivity index (χ0) is 19.0. The van der Waals surface area contributed by atoms with E-state index in [9.17, 15) is 8.42 Å². The lowest BCUT2D eigenvalue weighted by molar-refractivity contribution is 0.287. The van der Waals surface area contributed by atoms with Crippen LogP contribution < -0.4 is 18.9 Å². The Morgan fingerprint density at radius 2 is 1.42 bits per heavy atom. The third-order valence-electron chi connectivity index (χ3n) is 3.52. The van der Waals surface area contributed by atoms with Gasteiger partial charge in [0, 0.05) is 6.54 Å². The largest absolute Gasteiger partial charge is 0.494 e. The van der Waals surface area contributed by atoms with Crippen LogP contribution in [0.2, 0.25) is 0 Å². The van der Waals surface area contributed by atoms with Crippen LogP contribution in [0.3, 0.4) is 0 Å². The summed E-state index contributed by atoms with van der Waals surface area (Å²) in [5.41, 5.74) is 0.784. The molecule has 0 fully saturated rings. The van der Waals surface area contributed by atoms with Gasteiger partial charge in [-0.1, -0.05) is 6.07 Å². The Morgan fingerprint density at radius 1 is 0.808 bits per heavy atom. The minimum absolute atomic E-state index is 0.155. The summed E-state index contributed by atoms with van der Waals surface area (Å²) >= 11 is 0. The highest BCUT2D eigenvalue weighted by Crippen LogP contribution is 2.28. The summed E-state index contributed by atoms with van der Waals surface area (Å²) in [6, 6.07) is 11.7. The minimum atomic E-state index is -3.61. The van der Waals surface area contributed by atoms with E-state index in [-0.39, 0.29) is 11.4 Å². The highest BCUT2D eigenvalue weighted by Gasteiger charge is 2.14. The number of benzene rings is 2. The molecule has 2 rings (SSSR count). The molecule has 0 saturated carbocycles. The smallest absolute Gasteiger partial charge is 0.240 e. The number of hydrogen-bond donors (Lipinski definition) is 1. The monoisotopic (exact) mass is 379 g/mol. The molecular formula is C19H25NO5S. The summed E-state index contributed by atoms with van der Waals surface area (Å²) in [6.45, 7) is 7.38. The van der Waals surface area contributed by atoms with Crippen LogP contribution in [0.1, 0.15) is 26.3 Å². The fourth-order valence-electron chi connectivity index (χ4n) is 2.35. The molecule has 142 valence electrons. The summed E-state index contributed by atoms with van der Waals surface area (Å²) in [4.78, 5) is 0.192. The summed E-state index contributed by atoms with van der Waals surface area (Å²) in [5.74, 6) is 1.89. The van der Waals surface area contributed by atoms with Crippen molar-refractivity contribution in [2.45, 2.75) is 32.2 Å². The van der Waals surface area contributed by atoms with Crippen molar-refractivity contribution in [3.8, 4) is 17.2 Å². The van der Waals surface area contributed by atoms with Gasteiger partial charge >= 0.3 is 0 Å². The Kier molecular flexibility index (Phi) is 7.29. The van der Waals surface area contributed by atoms with E-state index in [0.29, 0.717) is 37.1 Å². The quantitative estimate of drug-likeness (QED) is 0.685. The first-order valence-electron chi connectivity index (χ1n) is 8.61. The van der Waals surface area contributed by atoms with Crippen molar-refractivity contribution >= 4 is 10.0 Å². The first-order chi connectivity index (χ1) is 12.5. The molecule has 0 aliphatic rings. The molecule has 0 bridgehead atoms. The van der Waals surface area contributed by atoms with Crippen LogP contribution in [0.4, 0.5) is 0 Å². The van der Waals surface area contributed by atoms with Gasteiger partial charge < -0.3 is 14.2 Å². The van der Waals surface area contributed by atoms with Gasteiger partial charge in [0.05, 0.1) is 24.7 Å². The van der Waals surface area contributed by atoms with Crippen molar-refractivity contribution in [1.29, 1.82) is 0 Å². The van der Waals surface area contributed by atoms with Gasteiger partial charge in [0.15, 0.2) is 11.5 Å². The first kappa shape index (κ1) is 20.1. The molecule has 0 radical (unpaired) electrons. The van der Waals surface area contributed by atoms with E-state index < -0.39 is 10.0 Å². The molecule has 26 heavy (non-hydrogen) atoms. The lowest BCUT2D eigenvalue weighted by Gasteiger charge is -2.13. The molecule has 0 unspecified atom stereocenters. The summed E-state index contributed by atoms with van der Waals surface area (Å²) in [5, 5.41) is 0. The van der Waals surface area contributed by atoms with Gasteiger partial charge in [0.25, 0.3) is 0 Å². The predicted octanol–water partition coefficient (Wildman–Crippen LogP) is 3.36. The highest BCUT2D eigenvalue weighted by atomic mass is 32.2. The van der Waals surface area contributed by atoms with Crippen LogP contribution >= 0.6 is 0 Å². The standard InChI is InChI=1S/C19H25NO5S/c1-4-23-16-8-10-17(11-9-16)26(21,22)20-14-15-7-12-18(24-5-2)19(13-15)25-6-3/h7-13,20H,4-6,14H2,1-3H3. The Balaban J connectivity index is 2.09. The fraction of sp³-hybridized carbons (Fsp3) is 0.368. The molecule has 0 aliphatic carbocycles. The molecular weight excluding hydrogens is 354 g/mol. The number of nitrogens with one attached hydrogen (secondary N) is 1. The van der Waals surface area contributed by atoms with Crippen molar-refractivity contribution in [1.82, 2.24) is 4.72 Å². The SMILES string of the molecule is CCOc1ccc(S(=O)(=O)NCc2ccc(OCC)c(OCC)c2)cc1. The van der Waals surface area contributed by atoms with Crippen LogP contribution in [-0.4, -0.2) is 28.2 Å². The second-order valence-corrected chi connectivity index (χ2v) is 7.14. The molecule has 0 amide bonds. The third-order valence-corrected chi connectivity index (χ3v) is 4.94. The van der Waals surface area contributed by atoms with Crippen molar-refractivity contribution in [3.63, 3.8) is 0 Å². The van der Waals surface area contributed by atoms with E-state index >= 15 is 0 Å². The van der Waals surface area contributed by atoms with E-state index in [2.05, 4.69) is 4.72 Å². The van der Waals surface area contributed by atoms with Crippen LogP contribution in [0.25, 0.3) is 0 Å². The zero-order valence-corrected chi connectivity index (χ0v) is 16.1. The lowest BCUT2D eigenvalue weighted by atomic mass is 10.2. The average Bonchev–Trinajstić information content (AvgIpc) is 2.63. The van der Waals surface area contributed by atoms with Crippen molar-refractivity contribution in [2.75, 3.05) is 19.8 Å². The van der Waals surface area contributed by atoms with Gasteiger partial charge in [0.1, 0.15) is 5.75 Å². The predicted molar refractivity (Wildman–Crippen MR) is 100 cm³/mol. The van der Waals surface area contributed by atoms with E-state index in [4.69, 9.17) is 14.2 Å². The Labute approximate surface area is 155 Å². The molecule has 0 aromatic heterocycles. The maximum absolute atomic E-state index is 12.4. The number of hydrogen-bond acceptors (Lipinski definition) is 5. The molecule has 0 spiro atoms. The van der Waals surface area contributed by atoms with Crippen LogP contribution in [0, 0.1) is 0 Å². The summed E-state index contributed by atoms with van der Waals surface area (Å²) in [7, 11) is -3.61. The van der Waals surface area contributed by atoms with Crippen LogP contribution in [0.5, 0.6) is 17.2 Å². The molecule has 2 aromatic carbocycles. The van der Waals surface area contributed by atoms with E-state index in [1.165, 1.54) is 12.1 Å². The zero-order valence-electron chi connectivity index (χ0n) is 15.3. The normalized spacial score (nSPS) is 11.2.